The first-order valence-corrected chi connectivity index (χ1v) is 18.1. The first-order chi connectivity index (χ1) is 23.2. The average molecular weight is 709 g/mol. The molecule has 5 rings (SSSR count). The van der Waals surface area contributed by atoms with E-state index in [4.69, 9.17) is 27.9 Å². The molecule has 1 fully saturated rings. The van der Waals surface area contributed by atoms with E-state index in [1.165, 1.54) is 24.1 Å². The molecule has 0 aromatic heterocycles. The van der Waals surface area contributed by atoms with Gasteiger partial charge in [0.15, 0.2) is 0 Å². The smallest absolute Gasteiger partial charge is 0.264 e. The number of methoxy groups -OCH3 is 1. The molecule has 1 aliphatic carbocycles. The first-order valence-electron chi connectivity index (χ1n) is 16.0. The molecule has 0 aliphatic heterocycles. The highest BCUT2D eigenvalue weighted by Crippen LogP contribution is 2.28. The Morgan fingerprint density at radius 3 is 2.15 bits per heavy atom. The molecule has 11 heteroatoms. The molecule has 1 unspecified atom stereocenters. The van der Waals surface area contributed by atoms with Gasteiger partial charge in [0.05, 0.1) is 17.7 Å². The van der Waals surface area contributed by atoms with E-state index in [9.17, 15) is 18.0 Å². The van der Waals surface area contributed by atoms with Crippen LogP contribution in [0.25, 0.3) is 0 Å². The lowest BCUT2D eigenvalue weighted by atomic mass is 9.94. The van der Waals surface area contributed by atoms with Gasteiger partial charge in [-0.05, 0) is 72.5 Å². The Hall–Kier alpha value is -4.05. The predicted molar refractivity (Wildman–Crippen MR) is 190 cm³/mol. The van der Waals surface area contributed by atoms with Gasteiger partial charge in [0.25, 0.3) is 10.0 Å². The van der Waals surface area contributed by atoms with E-state index in [1.807, 2.05) is 30.3 Å². The molecule has 0 bridgehead atoms. The maximum atomic E-state index is 14.7. The minimum Gasteiger partial charge on any atom is -0.497 e. The van der Waals surface area contributed by atoms with E-state index in [1.54, 1.807) is 60.7 Å². The summed E-state index contributed by atoms with van der Waals surface area (Å²) in [7, 11) is -2.70. The number of benzene rings is 4. The van der Waals surface area contributed by atoms with Gasteiger partial charge >= 0.3 is 0 Å². The summed E-state index contributed by atoms with van der Waals surface area (Å²) < 4.78 is 34.7. The van der Waals surface area contributed by atoms with Crippen molar-refractivity contribution in [1.29, 1.82) is 0 Å². The van der Waals surface area contributed by atoms with Crippen molar-refractivity contribution < 1.29 is 22.7 Å². The number of hydrogen-bond acceptors (Lipinski definition) is 5. The molecule has 4 aromatic rings. The topological polar surface area (TPSA) is 96.0 Å². The van der Waals surface area contributed by atoms with E-state index in [0.29, 0.717) is 21.4 Å². The summed E-state index contributed by atoms with van der Waals surface area (Å²) in [4.78, 5) is 30.4. The number of nitrogens with zero attached hydrogens (tertiary/aromatic N) is 2. The number of amides is 2. The highest BCUT2D eigenvalue weighted by Gasteiger charge is 2.35. The summed E-state index contributed by atoms with van der Waals surface area (Å²) in [6, 6.07) is 27.8. The van der Waals surface area contributed by atoms with Crippen molar-refractivity contribution in [2.45, 2.75) is 62.0 Å². The third kappa shape index (κ3) is 8.89. The fourth-order valence-corrected chi connectivity index (χ4v) is 7.83. The number of hydrogen-bond donors (Lipinski definition) is 1. The molecular formula is C37H39Cl2N3O5S. The van der Waals surface area contributed by atoms with Crippen molar-refractivity contribution in [3.63, 3.8) is 0 Å². The lowest BCUT2D eigenvalue weighted by Crippen LogP contribution is -2.55. The largest absolute Gasteiger partial charge is 0.497 e. The van der Waals surface area contributed by atoms with Crippen LogP contribution in [0.3, 0.4) is 0 Å². The van der Waals surface area contributed by atoms with Crippen LogP contribution in [0.2, 0.25) is 10.0 Å². The maximum absolute atomic E-state index is 14.7. The highest BCUT2D eigenvalue weighted by atomic mass is 35.5. The fourth-order valence-electron chi connectivity index (χ4n) is 5.93. The molecule has 2 amide bonds. The van der Waals surface area contributed by atoms with Crippen molar-refractivity contribution in [2.75, 3.05) is 18.0 Å². The minimum absolute atomic E-state index is 0.00477. The van der Waals surface area contributed by atoms with Crippen molar-refractivity contribution in [2.24, 2.45) is 0 Å². The zero-order valence-electron chi connectivity index (χ0n) is 26.7. The zero-order chi connectivity index (χ0) is 34.1. The van der Waals surface area contributed by atoms with Crippen molar-refractivity contribution in [3.8, 4) is 5.75 Å². The number of nitrogens with one attached hydrogen (secondary N) is 1. The van der Waals surface area contributed by atoms with Crippen LogP contribution in [0.1, 0.15) is 43.2 Å². The van der Waals surface area contributed by atoms with Gasteiger partial charge in [-0.3, -0.25) is 13.9 Å². The van der Waals surface area contributed by atoms with Crippen molar-refractivity contribution >= 4 is 50.7 Å². The summed E-state index contributed by atoms with van der Waals surface area (Å²) in [5.41, 5.74) is 1.69. The molecule has 8 nitrogen and oxygen atoms in total. The molecule has 1 saturated carbocycles. The molecule has 1 atom stereocenters. The van der Waals surface area contributed by atoms with Crippen LogP contribution in [0, 0.1) is 0 Å². The average Bonchev–Trinajstić information content (AvgIpc) is 3.10. The van der Waals surface area contributed by atoms with Crippen molar-refractivity contribution in [1.82, 2.24) is 10.2 Å². The summed E-state index contributed by atoms with van der Waals surface area (Å²) in [6.45, 7) is -0.622. The fraction of sp³-hybridized carbons (Fsp3) is 0.297. The molecule has 252 valence electrons. The number of carbonyl (C=O) groups excluding carboxylic acids is 2. The third-order valence-electron chi connectivity index (χ3n) is 8.55. The van der Waals surface area contributed by atoms with Gasteiger partial charge in [-0.1, -0.05) is 97.1 Å². The minimum atomic E-state index is -4.22. The lowest BCUT2D eigenvalue weighted by Gasteiger charge is -2.35. The van der Waals surface area contributed by atoms with Crippen LogP contribution in [0.5, 0.6) is 5.75 Å². The van der Waals surface area contributed by atoms with Gasteiger partial charge in [-0.15, -0.1) is 0 Å². The van der Waals surface area contributed by atoms with Gasteiger partial charge in [0, 0.05) is 29.1 Å². The molecule has 1 N–H and O–H groups in total. The van der Waals surface area contributed by atoms with Crippen molar-refractivity contribution in [3.05, 3.63) is 124 Å². The molecule has 0 saturated heterocycles. The Bertz CT molecular complexity index is 1790. The monoisotopic (exact) mass is 707 g/mol. The van der Waals surface area contributed by atoms with Crippen LogP contribution in [-0.4, -0.2) is 50.9 Å². The van der Waals surface area contributed by atoms with Gasteiger partial charge in [0.2, 0.25) is 11.8 Å². The van der Waals surface area contributed by atoms with Gasteiger partial charge in [-0.25, -0.2) is 8.42 Å². The summed E-state index contributed by atoms with van der Waals surface area (Å²) in [5, 5.41) is 3.96. The zero-order valence-corrected chi connectivity index (χ0v) is 29.1. The number of ether oxygens (including phenoxy) is 1. The number of halogens is 2. The number of rotatable bonds is 13. The Kier molecular flexibility index (Phi) is 12.0. The Morgan fingerprint density at radius 2 is 1.52 bits per heavy atom. The van der Waals surface area contributed by atoms with Crippen LogP contribution in [0.4, 0.5) is 5.69 Å². The van der Waals surface area contributed by atoms with Crippen LogP contribution < -0.4 is 14.4 Å². The lowest BCUT2D eigenvalue weighted by molar-refractivity contribution is -0.140. The van der Waals surface area contributed by atoms with Gasteiger partial charge in [0.1, 0.15) is 18.3 Å². The standard InChI is InChI=1S/C37H39Cl2N3O5S/c1-47-32-21-19-31(20-22-32)42(48(45,46)33-15-9-4-10-16-33)26-36(43)41(25-28-17-18-29(38)24-34(28)39)35(23-27-11-5-2-6-12-27)37(44)40-30-13-7-3-8-14-30/h2,4-6,9-12,15-22,24,30,35H,3,7-8,13-14,23,25-26H2,1H3,(H,40,44). The van der Waals surface area contributed by atoms with E-state index in [-0.39, 0.29) is 35.5 Å². The molecule has 0 heterocycles. The van der Waals surface area contributed by atoms with Crippen LogP contribution in [0.15, 0.2) is 108 Å². The summed E-state index contributed by atoms with van der Waals surface area (Å²) in [5.74, 6) is -0.342. The Labute approximate surface area is 292 Å². The molecule has 48 heavy (non-hydrogen) atoms. The van der Waals surface area contributed by atoms with Gasteiger partial charge < -0.3 is 15.0 Å². The van der Waals surface area contributed by atoms with Crippen LogP contribution in [-0.2, 0) is 32.6 Å². The highest BCUT2D eigenvalue weighted by molar-refractivity contribution is 7.92. The Balaban J connectivity index is 1.57. The van der Waals surface area contributed by atoms with E-state index in [0.717, 1.165) is 42.0 Å². The first kappa shape index (κ1) is 35.3. The Morgan fingerprint density at radius 1 is 0.875 bits per heavy atom. The second-order valence-electron chi connectivity index (χ2n) is 11.8. The maximum Gasteiger partial charge on any atom is 0.264 e. The van der Waals surface area contributed by atoms with E-state index >= 15 is 0 Å². The normalized spacial score (nSPS) is 14.1. The SMILES string of the molecule is COc1ccc(N(CC(=O)N(Cc2ccc(Cl)cc2Cl)C(Cc2ccccc2)C(=O)NC2CCCCC2)S(=O)(=O)c2ccccc2)cc1. The molecule has 4 aromatic carbocycles. The molecule has 0 spiro atoms. The third-order valence-corrected chi connectivity index (χ3v) is 10.9. The van der Waals surface area contributed by atoms with Crippen LogP contribution >= 0.6 is 23.2 Å². The molecule has 0 radical (unpaired) electrons. The quantitative estimate of drug-likeness (QED) is 0.158. The van der Waals surface area contributed by atoms with E-state index in [2.05, 4.69) is 5.32 Å². The van der Waals surface area contributed by atoms with E-state index < -0.39 is 28.5 Å². The molecular weight excluding hydrogens is 669 g/mol. The summed E-state index contributed by atoms with van der Waals surface area (Å²) >= 11 is 12.8. The number of anilines is 1. The number of carbonyl (C=O) groups is 2. The molecule has 1 aliphatic rings. The summed E-state index contributed by atoms with van der Waals surface area (Å²) in [6.07, 6.45) is 5.10. The van der Waals surface area contributed by atoms with Gasteiger partial charge in [-0.2, -0.15) is 0 Å². The second-order valence-corrected chi connectivity index (χ2v) is 14.5. The second kappa shape index (κ2) is 16.4. The predicted octanol–water partition coefficient (Wildman–Crippen LogP) is 7.29. The number of sulfonamides is 1.